The average molecular weight is 663 g/mol. The SMILES string of the molecule is CC1(C)c2ccccc2-c2cc(-c3cccc(-c4c5ccccc5c(-c5ccccc5)c5ccccc45)c3)c3cc4c(cc3c21)oc1ccccc14. The topological polar surface area (TPSA) is 13.1 Å². The molecule has 1 aromatic heterocycles. The van der Waals surface area contributed by atoms with E-state index in [1.165, 1.54) is 88.0 Å². The molecule has 11 rings (SSSR count). The lowest BCUT2D eigenvalue weighted by Gasteiger charge is -2.24. The first kappa shape index (κ1) is 29.3. The second-order valence-corrected chi connectivity index (χ2v) is 14.8. The quantitative estimate of drug-likeness (QED) is 0.172. The van der Waals surface area contributed by atoms with Gasteiger partial charge in [-0.15, -0.1) is 0 Å². The number of para-hydroxylation sites is 1. The minimum absolute atomic E-state index is 0.150. The summed E-state index contributed by atoms with van der Waals surface area (Å²) < 4.78 is 6.51. The maximum atomic E-state index is 6.51. The molecule has 0 spiro atoms. The Morgan fingerprint density at radius 1 is 0.346 bits per heavy atom. The van der Waals surface area contributed by atoms with E-state index >= 15 is 0 Å². The molecule has 1 heteroatoms. The Morgan fingerprint density at radius 2 is 0.923 bits per heavy atom. The van der Waals surface area contributed by atoms with Gasteiger partial charge >= 0.3 is 0 Å². The molecule has 9 aromatic carbocycles. The predicted octanol–water partition coefficient (Wildman–Crippen LogP) is 14.4. The third-order valence-electron chi connectivity index (χ3n) is 11.6. The second-order valence-electron chi connectivity index (χ2n) is 14.8. The number of benzene rings is 9. The Hall–Kier alpha value is -6.44. The Labute approximate surface area is 302 Å². The van der Waals surface area contributed by atoms with Crippen LogP contribution in [0.15, 0.2) is 174 Å². The van der Waals surface area contributed by atoms with Gasteiger partial charge in [0.2, 0.25) is 0 Å². The largest absolute Gasteiger partial charge is 0.456 e. The molecule has 0 fully saturated rings. The highest BCUT2D eigenvalue weighted by Gasteiger charge is 2.37. The van der Waals surface area contributed by atoms with Gasteiger partial charge in [-0.2, -0.15) is 0 Å². The molecule has 1 aliphatic rings. The highest BCUT2D eigenvalue weighted by Crippen LogP contribution is 2.54. The van der Waals surface area contributed by atoms with E-state index in [9.17, 15) is 0 Å². The van der Waals surface area contributed by atoms with Crippen molar-refractivity contribution in [1.82, 2.24) is 0 Å². The molecular formula is C51H34O. The van der Waals surface area contributed by atoms with Crippen LogP contribution in [0.3, 0.4) is 0 Å². The predicted molar refractivity (Wildman–Crippen MR) is 220 cm³/mol. The van der Waals surface area contributed by atoms with E-state index in [0.717, 1.165) is 21.9 Å². The van der Waals surface area contributed by atoms with Gasteiger partial charge in [0, 0.05) is 16.2 Å². The monoisotopic (exact) mass is 662 g/mol. The van der Waals surface area contributed by atoms with Crippen LogP contribution in [-0.4, -0.2) is 0 Å². The number of rotatable bonds is 3. The summed E-state index contributed by atoms with van der Waals surface area (Å²) in [5.74, 6) is 0. The molecule has 1 aliphatic carbocycles. The minimum atomic E-state index is -0.150. The van der Waals surface area contributed by atoms with Gasteiger partial charge in [-0.1, -0.05) is 153 Å². The summed E-state index contributed by atoms with van der Waals surface area (Å²) in [6, 6.07) is 62.4. The fourth-order valence-corrected chi connectivity index (χ4v) is 9.36. The molecule has 0 atom stereocenters. The molecule has 0 unspecified atom stereocenters. The molecule has 0 bridgehead atoms. The van der Waals surface area contributed by atoms with Crippen LogP contribution >= 0.6 is 0 Å². The van der Waals surface area contributed by atoms with E-state index in [1.807, 2.05) is 0 Å². The molecule has 0 amide bonds. The lowest BCUT2D eigenvalue weighted by atomic mass is 9.79. The fraction of sp³-hybridized carbons (Fsp3) is 0.0588. The van der Waals surface area contributed by atoms with Crippen LogP contribution in [0.4, 0.5) is 0 Å². The van der Waals surface area contributed by atoms with Crippen LogP contribution in [0.25, 0.3) is 98.8 Å². The average Bonchev–Trinajstić information content (AvgIpc) is 3.67. The first-order chi connectivity index (χ1) is 25.6. The van der Waals surface area contributed by atoms with Gasteiger partial charge in [0.05, 0.1) is 0 Å². The standard InChI is InChI=1S/C51H34O/c1-51(2)45-25-12-10-19-34(45)43-28-40(41-29-42-35-20-11-13-26-46(35)52-47(42)30-44(41)50(43)51)32-17-14-18-33(27-32)49-38-23-8-6-21-36(38)48(31-15-4-3-5-16-31)37-22-7-9-24-39(37)49/h3-30H,1-2H3. The molecule has 0 radical (unpaired) electrons. The second kappa shape index (κ2) is 10.8. The smallest absolute Gasteiger partial charge is 0.136 e. The van der Waals surface area contributed by atoms with Crippen molar-refractivity contribution in [2.24, 2.45) is 0 Å². The normalized spacial score (nSPS) is 13.3. The molecule has 0 N–H and O–H groups in total. The lowest BCUT2D eigenvalue weighted by Crippen LogP contribution is -2.15. The number of hydrogen-bond donors (Lipinski definition) is 0. The van der Waals surface area contributed by atoms with E-state index < -0.39 is 0 Å². The molecule has 244 valence electrons. The van der Waals surface area contributed by atoms with Crippen molar-refractivity contribution in [2.75, 3.05) is 0 Å². The molecule has 10 aromatic rings. The molecule has 0 saturated carbocycles. The van der Waals surface area contributed by atoms with Crippen molar-refractivity contribution < 1.29 is 4.42 Å². The Bertz CT molecular complexity index is 3030. The van der Waals surface area contributed by atoms with Crippen molar-refractivity contribution in [2.45, 2.75) is 19.3 Å². The summed E-state index contributed by atoms with van der Waals surface area (Å²) in [6.45, 7) is 4.74. The van der Waals surface area contributed by atoms with Crippen molar-refractivity contribution in [3.63, 3.8) is 0 Å². The van der Waals surface area contributed by atoms with Gasteiger partial charge in [0.1, 0.15) is 11.2 Å². The Morgan fingerprint density at radius 3 is 1.65 bits per heavy atom. The highest BCUT2D eigenvalue weighted by atomic mass is 16.3. The summed E-state index contributed by atoms with van der Waals surface area (Å²) in [4.78, 5) is 0. The van der Waals surface area contributed by atoms with Gasteiger partial charge in [-0.05, 0) is 118 Å². The molecule has 52 heavy (non-hydrogen) atoms. The van der Waals surface area contributed by atoms with Crippen molar-refractivity contribution in [3.05, 3.63) is 181 Å². The van der Waals surface area contributed by atoms with E-state index in [0.29, 0.717) is 0 Å². The van der Waals surface area contributed by atoms with E-state index in [2.05, 4.69) is 184 Å². The van der Waals surface area contributed by atoms with Crippen molar-refractivity contribution >= 4 is 54.3 Å². The molecular weight excluding hydrogens is 629 g/mol. The number of hydrogen-bond acceptors (Lipinski definition) is 1. The van der Waals surface area contributed by atoms with Crippen LogP contribution in [0.2, 0.25) is 0 Å². The minimum Gasteiger partial charge on any atom is -0.456 e. The summed E-state index contributed by atoms with van der Waals surface area (Å²) in [5.41, 5.74) is 14.5. The zero-order valence-electron chi connectivity index (χ0n) is 29.1. The highest BCUT2D eigenvalue weighted by molar-refractivity contribution is 6.22. The molecule has 0 aliphatic heterocycles. The van der Waals surface area contributed by atoms with Crippen LogP contribution in [0.5, 0.6) is 0 Å². The Kier molecular flexibility index (Phi) is 6.08. The number of fused-ring (bicyclic) bond motifs is 10. The molecule has 1 heterocycles. The lowest BCUT2D eigenvalue weighted by molar-refractivity contribution is 0.663. The van der Waals surface area contributed by atoms with E-state index in [1.54, 1.807) is 0 Å². The fourth-order valence-electron chi connectivity index (χ4n) is 9.36. The van der Waals surface area contributed by atoms with Gasteiger partial charge in [-0.3, -0.25) is 0 Å². The van der Waals surface area contributed by atoms with Crippen LogP contribution < -0.4 is 0 Å². The first-order valence-corrected chi connectivity index (χ1v) is 18.2. The summed E-state index contributed by atoms with van der Waals surface area (Å²) >= 11 is 0. The van der Waals surface area contributed by atoms with Crippen molar-refractivity contribution in [1.29, 1.82) is 0 Å². The first-order valence-electron chi connectivity index (χ1n) is 18.2. The van der Waals surface area contributed by atoms with Gasteiger partial charge in [0.25, 0.3) is 0 Å². The molecule has 1 nitrogen and oxygen atoms in total. The van der Waals surface area contributed by atoms with Gasteiger partial charge < -0.3 is 4.42 Å². The summed E-state index contributed by atoms with van der Waals surface area (Å²) in [6.07, 6.45) is 0. The summed E-state index contributed by atoms with van der Waals surface area (Å²) in [5, 5.41) is 9.88. The van der Waals surface area contributed by atoms with Gasteiger partial charge in [0.15, 0.2) is 0 Å². The van der Waals surface area contributed by atoms with Gasteiger partial charge in [-0.25, -0.2) is 0 Å². The Balaban J connectivity index is 1.22. The zero-order chi connectivity index (χ0) is 34.6. The van der Waals surface area contributed by atoms with E-state index in [4.69, 9.17) is 4.42 Å². The van der Waals surface area contributed by atoms with Crippen molar-refractivity contribution in [3.8, 4) is 44.5 Å². The maximum Gasteiger partial charge on any atom is 0.136 e. The summed E-state index contributed by atoms with van der Waals surface area (Å²) in [7, 11) is 0. The number of furan rings is 1. The maximum absolute atomic E-state index is 6.51. The zero-order valence-corrected chi connectivity index (χ0v) is 29.1. The molecule has 0 saturated heterocycles. The van der Waals surface area contributed by atoms with Crippen LogP contribution in [0, 0.1) is 0 Å². The third kappa shape index (κ3) is 4.05. The third-order valence-corrected chi connectivity index (χ3v) is 11.6. The van der Waals surface area contributed by atoms with Crippen LogP contribution in [0.1, 0.15) is 25.0 Å². The van der Waals surface area contributed by atoms with E-state index in [-0.39, 0.29) is 5.41 Å². The van der Waals surface area contributed by atoms with Crippen LogP contribution in [-0.2, 0) is 5.41 Å².